The van der Waals surface area contributed by atoms with E-state index in [1.165, 1.54) is 16.0 Å². The van der Waals surface area contributed by atoms with Crippen LogP contribution in [-0.4, -0.2) is 43.5 Å². The van der Waals surface area contributed by atoms with Gasteiger partial charge in [-0.1, -0.05) is 12.1 Å². The molecule has 0 saturated heterocycles. The monoisotopic (exact) mass is 271 g/mol. The first-order valence-electron chi connectivity index (χ1n) is 6.43. The van der Waals surface area contributed by atoms with Gasteiger partial charge < -0.3 is 0 Å². The summed E-state index contributed by atoms with van der Waals surface area (Å²) in [5.41, 5.74) is 0.992. The van der Waals surface area contributed by atoms with Gasteiger partial charge in [-0.25, -0.2) is 0 Å². The van der Waals surface area contributed by atoms with Gasteiger partial charge in [0.05, 0.1) is 17.7 Å². The average Bonchev–Trinajstić information content (AvgIpc) is 3.06. The smallest absolute Gasteiger partial charge is 0.261 e. The predicted octanol–water partition coefficient (Wildman–Crippen LogP) is 0.749. The van der Waals surface area contributed by atoms with E-state index in [1.54, 1.807) is 24.3 Å². The summed E-state index contributed by atoms with van der Waals surface area (Å²) >= 11 is 0. The molecule has 0 saturated carbocycles. The Morgan fingerprint density at radius 2 is 1.60 bits per heavy atom. The van der Waals surface area contributed by atoms with Gasteiger partial charge in [0.2, 0.25) is 0 Å². The number of aryl methyl sites for hydroxylation is 1. The largest absolute Gasteiger partial charge is 0.274 e. The van der Waals surface area contributed by atoms with Gasteiger partial charge in [-0.2, -0.15) is 4.80 Å². The van der Waals surface area contributed by atoms with Crippen molar-refractivity contribution in [3.05, 3.63) is 41.7 Å². The number of tetrazole rings is 1. The highest BCUT2D eigenvalue weighted by Gasteiger charge is 2.34. The van der Waals surface area contributed by atoms with Gasteiger partial charge in [-0.15, -0.1) is 10.2 Å². The standard InChI is InChI=1S/C13H13N5O2/c19-12-10-5-1-2-6-11(10)13(20)17(12)7-3-4-8-18-15-9-14-16-18/h1-2,5-6,9H,3-4,7-8H2. The van der Waals surface area contributed by atoms with Crippen molar-refractivity contribution < 1.29 is 9.59 Å². The van der Waals surface area contributed by atoms with Crippen molar-refractivity contribution in [3.8, 4) is 0 Å². The van der Waals surface area contributed by atoms with Gasteiger partial charge in [0, 0.05) is 6.54 Å². The summed E-state index contributed by atoms with van der Waals surface area (Å²) in [6, 6.07) is 6.91. The van der Waals surface area contributed by atoms with Crippen molar-refractivity contribution >= 4 is 11.8 Å². The molecule has 0 unspecified atom stereocenters. The number of hydrogen-bond donors (Lipinski definition) is 0. The van der Waals surface area contributed by atoms with Gasteiger partial charge in [0.1, 0.15) is 0 Å². The van der Waals surface area contributed by atoms with E-state index >= 15 is 0 Å². The molecule has 0 aliphatic carbocycles. The third-order valence-electron chi connectivity index (χ3n) is 3.26. The van der Waals surface area contributed by atoms with Crippen LogP contribution in [0.25, 0.3) is 0 Å². The zero-order chi connectivity index (χ0) is 13.9. The summed E-state index contributed by atoms with van der Waals surface area (Å²) in [5, 5.41) is 11.3. The zero-order valence-corrected chi connectivity index (χ0v) is 10.8. The highest BCUT2D eigenvalue weighted by atomic mass is 16.2. The highest BCUT2D eigenvalue weighted by molar-refractivity contribution is 6.21. The van der Waals surface area contributed by atoms with Gasteiger partial charge in [0.25, 0.3) is 11.8 Å². The molecule has 0 spiro atoms. The van der Waals surface area contributed by atoms with Crippen LogP contribution in [0.4, 0.5) is 0 Å². The number of amides is 2. The van der Waals surface area contributed by atoms with Crippen LogP contribution in [0.15, 0.2) is 30.6 Å². The van der Waals surface area contributed by atoms with Crippen molar-refractivity contribution in [2.75, 3.05) is 6.54 Å². The molecule has 102 valence electrons. The van der Waals surface area contributed by atoms with Gasteiger partial charge >= 0.3 is 0 Å². The number of carbonyl (C=O) groups excluding carboxylic acids is 2. The Bertz CT molecular complexity index is 603. The molecule has 1 aliphatic rings. The minimum absolute atomic E-state index is 0.204. The van der Waals surface area contributed by atoms with Crippen LogP contribution in [0.3, 0.4) is 0 Å². The number of hydrogen-bond acceptors (Lipinski definition) is 5. The maximum absolute atomic E-state index is 12.1. The molecule has 1 aromatic heterocycles. The normalized spacial score (nSPS) is 13.9. The molecular formula is C13H13N5O2. The topological polar surface area (TPSA) is 81.0 Å². The van der Waals surface area contributed by atoms with Crippen LogP contribution < -0.4 is 0 Å². The lowest BCUT2D eigenvalue weighted by molar-refractivity contribution is 0.0651. The van der Waals surface area contributed by atoms with Crippen LogP contribution in [0.1, 0.15) is 33.6 Å². The molecule has 2 heterocycles. The molecule has 0 radical (unpaired) electrons. The van der Waals surface area contributed by atoms with E-state index in [4.69, 9.17) is 0 Å². The lowest BCUT2D eigenvalue weighted by atomic mass is 10.1. The van der Waals surface area contributed by atoms with Crippen LogP contribution in [0.5, 0.6) is 0 Å². The van der Waals surface area contributed by atoms with Crippen molar-refractivity contribution in [3.63, 3.8) is 0 Å². The fourth-order valence-electron chi connectivity index (χ4n) is 2.26. The lowest BCUT2D eigenvalue weighted by Crippen LogP contribution is -2.30. The molecule has 0 atom stereocenters. The van der Waals surface area contributed by atoms with Gasteiger partial charge in [-0.3, -0.25) is 14.5 Å². The molecule has 0 fully saturated rings. The summed E-state index contributed by atoms with van der Waals surface area (Å²) in [6.07, 6.45) is 2.88. The van der Waals surface area contributed by atoms with Crippen LogP contribution in [0, 0.1) is 0 Å². The van der Waals surface area contributed by atoms with E-state index in [9.17, 15) is 9.59 Å². The van der Waals surface area contributed by atoms with Crippen LogP contribution in [0.2, 0.25) is 0 Å². The molecule has 7 heteroatoms. The summed E-state index contributed by atoms with van der Waals surface area (Å²) in [5.74, 6) is -0.408. The Hall–Kier alpha value is -2.57. The molecule has 1 aliphatic heterocycles. The van der Waals surface area contributed by atoms with Crippen molar-refractivity contribution in [1.29, 1.82) is 0 Å². The molecule has 2 aromatic rings. The Morgan fingerprint density at radius 1 is 0.950 bits per heavy atom. The first-order valence-corrected chi connectivity index (χ1v) is 6.43. The molecule has 3 rings (SSSR count). The minimum Gasteiger partial charge on any atom is -0.274 e. The second kappa shape index (κ2) is 5.20. The third-order valence-corrected chi connectivity index (χ3v) is 3.26. The third kappa shape index (κ3) is 2.18. The minimum atomic E-state index is -0.204. The Kier molecular flexibility index (Phi) is 3.24. The number of nitrogens with zero attached hydrogens (tertiary/aromatic N) is 5. The van der Waals surface area contributed by atoms with Gasteiger partial charge in [-0.05, 0) is 30.2 Å². The first kappa shape index (κ1) is 12.5. The summed E-state index contributed by atoms with van der Waals surface area (Å²) < 4.78 is 0. The highest BCUT2D eigenvalue weighted by Crippen LogP contribution is 2.22. The fraction of sp³-hybridized carbons (Fsp3) is 0.308. The zero-order valence-electron chi connectivity index (χ0n) is 10.8. The van der Waals surface area contributed by atoms with E-state index in [-0.39, 0.29) is 11.8 Å². The SMILES string of the molecule is O=C1c2ccccc2C(=O)N1CCCCn1ncnn1. The van der Waals surface area contributed by atoms with E-state index in [0.29, 0.717) is 30.6 Å². The number of benzene rings is 1. The molecule has 0 bridgehead atoms. The van der Waals surface area contributed by atoms with E-state index in [0.717, 1.165) is 6.42 Å². The average molecular weight is 271 g/mol. The molecule has 7 nitrogen and oxygen atoms in total. The Labute approximate surface area is 115 Å². The fourth-order valence-corrected chi connectivity index (χ4v) is 2.26. The van der Waals surface area contributed by atoms with E-state index in [2.05, 4.69) is 15.4 Å². The van der Waals surface area contributed by atoms with Crippen molar-refractivity contribution in [2.24, 2.45) is 0 Å². The lowest BCUT2D eigenvalue weighted by Gasteiger charge is -2.13. The Morgan fingerprint density at radius 3 is 2.20 bits per heavy atom. The van der Waals surface area contributed by atoms with E-state index < -0.39 is 0 Å². The summed E-state index contributed by atoms with van der Waals surface area (Å²) in [7, 11) is 0. The Balaban J connectivity index is 1.57. The summed E-state index contributed by atoms with van der Waals surface area (Å²) in [4.78, 5) is 27.0. The number of unbranched alkanes of at least 4 members (excludes halogenated alkanes) is 1. The van der Waals surface area contributed by atoms with Crippen molar-refractivity contribution in [1.82, 2.24) is 25.1 Å². The molecular weight excluding hydrogens is 258 g/mol. The number of carbonyl (C=O) groups is 2. The number of rotatable bonds is 5. The first-order chi connectivity index (χ1) is 9.77. The predicted molar refractivity (Wildman–Crippen MR) is 68.9 cm³/mol. The number of fused-ring (bicyclic) bond motifs is 1. The second-order valence-corrected chi connectivity index (χ2v) is 4.55. The molecule has 1 aromatic carbocycles. The molecule has 20 heavy (non-hydrogen) atoms. The van der Waals surface area contributed by atoms with E-state index in [1.807, 2.05) is 0 Å². The second-order valence-electron chi connectivity index (χ2n) is 4.55. The summed E-state index contributed by atoms with van der Waals surface area (Å²) in [6.45, 7) is 1.05. The number of aromatic nitrogens is 4. The maximum atomic E-state index is 12.1. The molecule has 0 N–H and O–H groups in total. The van der Waals surface area contributed by atoms with Crippen LogP contribution in [-0.2, 0) is 6.54 Å². The van der Waals surface area contributed by atoms with Crippen molar-refractivity contribution in [2.45, 2.75) is 19.4 Å². The maximum Gasteiger partial charge on any atom is 0.261 e. The van der Waals surface area contributed by atoms with Crippen LogP contribution >= 0.6 is 0 Å². The van der Waals surface area contributed by atoms with Gasteiger partial charge in [0.15, 0.2) is 6.33 Å². The quantitative estimate of drug-likeness (QED) is 0.592. The number of imide groups is 1. The molecule has 2 amide bonds.